The number of nitrogens with zero attached hydrogens (tertiary/aromatic N) is 4. The van der Waals surface area contributed by atoms with Gasteiger partial charge in [-0.25, -0.2) is 14.1 Å². The van der Waals surface area contributed by atoms with Crippen molar-refractivity contribution in [2.24, 2.45) is 0 Å². The Kier molecular flexibility index (Phi) is 4.61. The number of halogens is 1. The molecule has 3 aromatic heterocycles. The van der Waals surface area contributed by atoms with Crippen LogP contribution in [0.5, 0.6) is 0 Å². The number of hydrogen-bond acceptors (Lipinski definition) is 4. The van der Waals surface area contributed by atoms with Gasteiger partial charge in [0.2, 0.25) is 0 Å². The quantitative estimate of drug-likeness (QED) is 0.574. The molecule has 0 atom stereocenters. The molecular weight excluding hydrogens is 341 g/mol. The molecule has 0 aliphatic rings. The van der Waals surface area contributed by atoms with Gasteiger partial charge in [0.05, 0.1) is 11.4 Å². The Morgan fingerprint density at radius 1 is 1.07 bits per heavy atom. The zero-order valence-electron chi connectivity index (χ0n) is 14.8. The lowest BCUT2D eigenvalue weighted by atomic mass is 10.1. The predicted octanol–water partition coefficient (Wildman–Crippen LogP) is 4.39. The van der Waals surface area contributed by atoms with Crippen molar-refractivity contribution in [1.29, 1.82) is 0 Å². The molecule has 27 heavy (non-hydrogen) atoms. The number of rotatable bonds is 5. The van der Waals surface area contributed by atoms with E-state index in [1.807, 2.05) is 49.6 Å². The van der Waals surface area contributed by atoms with Crippen molar-refractivity contribution in [3.63, 3.8) is 0 Å². The third kappa shape index (κ3) is 3.84. The molecule has 0 fully saturated rings. The highest BCUT2D eigenvalue weighted by Gasteiger charge is 2.10. The van der Waals surface area contributed by atoms with Gasteiger partial charge < -0.3 is 5.32 Å². The molecule has 5 nitrogen and oxygen atoms in total. The number of nitrogens with one attached hydrogen (secondary N) is 1. The Morgan fingerprint density at radius 3 is 2.81 bits per heavy atom. The van der Waals surface area contributed by atoms with Crippen LogP contribution in [0.2, 0.25) is 0 Å². The van der Waals surface area contributed by atoms with Gasteiger partial charge in [-0.05, 0) is 54.4 Å². The summed E-state index contributed by atoms with van der Waals surface area (Å²) in [6.45, 7) is 2.58. The van der Waals surface area contributed by atoms with Crippen LogP contribution in [-0.4, -0.2) is 19.7 Å². The van der Waals surface area contributed by atoms with Crippen LogP contribution in [0.1, 0.15) is 11.3 Å². The first-order valence-electron chi connectivity index (χ1n) is 8.60. The third-order valence-electron chi connectivity index (χ3n) is 4.24. The lowest BCUT2D eigenvalue weighted by Gasteiger charge is -2.07. The molecule has 0 radical (unpaired) electrons. The van der Waals surface area contributed by atoms with Crippen molar-refractivity contribution in [1.82, 2.24) is 19.7 Å². The van der Waals surface area contributed by atoms with E-state index in [0.29, 0.717) is 12.2 Å². The molecule has 1 aromatic carbocycles. The number of benzene rings is 1. The van der Waals surface area contributed by atoms with E-state index in [9.17, 15) is 4.39 Å². The maximum atomic E-state index is 13.5. The van der Waals surface area contributed by atoms with Crippen LogP contribution >= 0.6 is 0 Å². The van der Waals surface area contributed by atoms with E-state index >= 15 is 0 Å². The van der Waals surface area contributed by atoms with Crippen LogP contribution in [0.4, 0.5) is 10.2 Å². The van der Waals surface area contributed by atoms with Crippen molar-refractivity contribution in [3.8, 4) is 16.8 Å². The number of pyridine rings is 2. The van der Waals surface area contributed by atoms with Gasteiger partial charge >= 0.3 is 0 Å². The lowest BCUT2D eigenvalue weighted by Crippen LogP contribution is -2.01. The number of anilines is 1. The summed E-state index contributed by atoms with van der Waals surface area (Å²) in [5.74, 6) is 0.488. The van der Waals surface area contributed by atoms with Crippen molar-refractivity contribution < 1.29 is 4.39 Å². The normalized spacial score (nSPS) is 10.7. The van der Waals surface area contributed by atoms with Gasteiger partial charge in [-0.3, -0.25) is 4.98 Å². The molecule has 6 heteroatoms. The van der Waals surface area contributed by atoms with Crippen LogP contribution in [-0.2, 0) is 6.54 Å². The van der Waals surface area contributed by atoms with Gasteiger partial charge in [0, 0.05) is 36.9 Å². The Morgan fingerprint density at radius 2 is 2.00 bits per heavy atom. The Bertz CT molecular complexity index is 1060. The maximum Gasteiger partial charge on any atom is 0.126 e. The molecule has 1 N–H and O–H groups in total. The van der Waals surface area contributed by atoms with E-state index in [1.165, 1.54) is 12.1 Å². The van der Waals surface area contributed by atoms with Crippen molar-refractivity contribution >= 4 is 5.82 Å². The summed E-state index contributed by atoms with van der Waals surface area (Å²) in [4.78, 5) is 8.49. The van der Waals surface area contributed by atoms with E-state index in [1.54, 1.807) is 23.1 Å². The van der Waals surface area contributed by atoms with Crippen molar-refractivity contribution in [3.05, 3.63) is 90.4 Å². The molecule has 3 heterocycles. The van der Waals surface area contributed by atoms with Gasteiger partial charge in [-0.2, -0.15) is 5.10 Å². The molecule has 0 unspecified atom stereocenters. The summed E-state index contributed by atoms with van der Waals surface area (Å²) in [5, 5.41) is 7.83. The number of hydrogen-bond donors (Lipinski definition) is 1. The number of aryl methyl sites for hydroxylation is 1. The summed E-state index contributed by atoms with van der Waals surface area (Å²) < 4.78 is 15.2. The summed E-state index contributed by atoms with van der Waals surface area (Å²) >= 11 is 0. The molecule has 0 saturated heterocycles. The number of aromatic nitrogens is 4. The second-order valence-corrected chi connectivity index (χ2v) is 6.20. The lowest BCUT2D eigenvalue weighted by molar-refractivity contribution is 0.625. The smallest absolute Gasteiger partial charge is 0.126 e. The van der Waals surface area contributed by atoms with Gasteiger partial charge in [0.25, 0.3) is 0 Å². The standard InChI is InChI=1S/C21H18FN5/c1-15-20(14-27(26-15)19-6-2-5-18(22)11-19)17-7-9-24-21(10-17)25-13-16-4-3-8-23-12-16/h2-12,14H,13H2,1H3,(H,24,25). The highest BCUT2D eigenvalue weighted by molar-refractivity contribution is 5.68. The molecule has 4 aromatic rings. The highest BCUT2D eigenvalue weighted by atomic mass is 19.1. The summed E-state index contributed by atoms with van der Waals surface area (Å²) in [7, 11) is 0. The van der Waals surface area contributed by atoms with Crippen molar-refractivity contribution in [2.45, 2.75) is 13.5 Å². The van der Waals surface area contributed by atoms with Gasteiger partial charge in [-0.15, -0.1) is 0 Å². The van der Waals surface area contributed by atoms with Gasteiger partial charge in [0.1, 0.15) is 11.6 Å². The molecule has 0 aliphatic heterocycles. The average Bonchev–Trinajstić information content (AvgIpc) is 3.09. The average molecular weight is 359 g/mol. The summed E-state index contributed by atoms with van der Waals surface area (Å²) in [6.07, 6.45) is 7.25. The Hall–Kier alpha value is -3.54. The zero-order valence-corrected chi connectivity index (χ0v) is 14.8. The largest absolute Gasteiger partial charge is 0.366 e. The maximum absolute atomic E-state index is 13.5. The molecule has 0 amide bonds. The molecule has 0 bridgehead atoms. The molecular formula is C21H18FN5. The topological polar surface area (TPSA) is 55.6 Å². The molecule has 0 aliphatic carbocycles. The minimum absolute atomic E-state index is 0.284. The minimum Gasteiger partial charge on any atom is -0.366 e. The molecule has 0 saturated carbocycles. The predicted molar refractivity (Wildman–Crippen MR) is 103 cm³/mol. The SMILES string of the molecule is Cc1nn(-c2cccc(F)c2)cc1-c1ccnc(NCc2cccnc2)c1. The zero-order chi connectivity index (χ0) is 18.6. The Balaban J connectivity index is 1.58. The van der Waals surface area contributed by atoms with E-state index in [2.05, 4.69) is 20.4 Å². The second-order valence-electron chi connectivity index (χ2n) is 6.20. The fourth-order valence-corrected chi connectivity index (χ4v) is 2.88. The fraction of sp³-hybridized carbons (Fsp3) is 0.0952. The molecule has 0 spiro atoms. The monoisotopic (exact) mass is 359 g/mol. The van der Waals surface area contributed by atoms with Crippen LogP contribution in [0.15, 0.2) is 73.3 Å². The highest BCUT2D eigenvalue weighted by Crippen LogP contribution is 2.25. The van der Waals surface area contributed by atoms with E-state index < -0.39 is 0 Å². The van der Waals surface area contributed by atoms with E-state index in [-0.39, 0.29) is 5.82 Å². The van der Waals surface area contributed by atoms with Gasteiger partial charge in [0.15, 0.2) is 0 Å². The Labute approximate surface area is 156 Å². The van der Waals surface area contributed by atoms with Crippen LogP contribution in [0, 0.1) is 12.7 Å². The van der Waals surface area contributed by atoms with Gasteiger partial charge in [-0.1, -0.05) is 12.1 Å². The second kappa shape index (κ2) is 7.37. The first-order chi connectivity index (χ1) is 13.2. The van der Waals surface area contributed by atoms with Crippen LogP contribution in [0.25, 0.3) is 16.8 Å². The van der Waals surface area contributed by atoms with Crippen molar-refractivity contribution in [2.75, 3.05) is 5.32 Å². The van der Waals surface area contributed by atoms with Crippen LogP contribution < -0.4 is 5.32 Å². The molecule has 4 rings (SSSR count). The van der Waals surface area contributed by atoms with E-state index in [0.717, 1.165) is 28.2 Å². The third-order valence-corrected chi connectivity index (χ3v) is 4.24. The first-order valence-corrected chi connectivity index (χ1v) is 8.60. The summed E-state index contributed by atoms with van der Waals surface area (Å²) in [5.41, 5.74) is 4.61. The summed E-state index contributed by atoms with van der Waals surface area (Å²) in [6, 6.07) is 14.2. The van der Waals surface area contributed by atoms with E-state index in [4.69, 9.17) is 0 Å². The minimum atomic E-state index is -0.284. The fourth-order valence-electron chi connectivity index (χ4n) is 2.88. The molecule has 134 valence electrons. The van der Waals surface area contributed by atoms with Crippen LogP contribution in [0.3, 0.4) is 0 Å². The first kappa shape index (κ1) is 16.9.